The summed E-state index contributed by atoms with van der Waals surface area (Å²) in [6.45, 7) is 5.86. The molecule has 0 aliphatic rings. The summed E-state index contributed by atoms with van der Waals surface area (Å²) in [7, 11) is 1.87. The fourth-order valence-electron chi connectivity index (χ4n) is 2.64. The highest BCUT2D eigenvalue weighted by molar-refractivity contribution is 5.95. The third-order valence-corrected chi connectivity index (χ3v) is 3.79. The first kappa shape index (κ1) is 15.9. The number of carbonyl (C=O) groups excluding carboxylic acids is 1. The summed E-state index contributed by atoms with van der Waals surface area (Å²) in [5.41, 5.74) is 3.10. The summed E-state index contributed by atoms with van der Waals surface area (Å²) < 4.78 is 1.79. The number of phenolic OH excluding ortho intramolecular Hbond substituents is 2. The fourth-order valence-corrected chi connectivity index (χ4v) is 2.64. The van der Waals surface area contributed by atoms with E-state index in [1.807, 2.05) is 27.8 Å². The average Bonchev–Trinajstić information content (AvgIpc) is 2.68. The lowest BCUT2D eigenvalue weighted by atomic mass is 10.0. The van der Waals surface area contributed by atoms with Crippen LogP contribution in [-0.4, -0.2) is 25.9 Å². The van der Waals surface area contributed by atoms with Crippen LogP contribution in [0.3, 0.4) is 0 Å². The van der Waals surface area contributed by atoms with E-state index >= 15 is 0 Å². The van der Waals surface area contributed by atoms with Crippen molar-refractivity contribution in [1.29, 1.82) is 0 Å². The number of phenols is 2. The normalized spacial score (nSPS) is 12.2. The average molecular weight is 303 g/mol. The second kappa shape index (κ2) is 6.09. The van der Waals surface area contributed by atoms with Crippen molar-refractivity contribution < 1.29 is 15.0 Å². The lowest BCUT2D eigenvalue weighted by Crippen LogP contribution is -2.28. The molecule has 1 atom stereocenters. The molecular weight excluding hydrogens is 282 g/mol. The Labute approximate surface area is 129 Å². The highest BCUT2D eigenvalue weighted by Crippen LogP contribution is 2.25. The summed E-state index contributed by atoms with van der Waals surface area (Å²) in [5, 5.41) is 26.3. The molecule has 0 fully saturated rings. The van der Waals surface area contributed by atoms with Crippen LogP contribution < -0.4 is 5.32 Å². The zero-order valence-electron chi connectivity index (χ0n) is 13.2. The van der Waals surface area contributed by atoms with Crippen molar-refractivity contribution in [3.63, 3.8) is 0 Å². The zero-order chi connectivity index (χ0) is 16.4. The standard InChI is InChI=1S/C16H21N3O3/c1-5-14(15-9(2)18-19(4)10(15)3)17-16(22)11-6-12(20)8-13(21)7-11/h6-8,14,20-21H,5H2,1-4H3,(H,17,22)/t14-/m1/s1. The molecule has 118 valence electrons. The fraction of sp³-hybridized carbons (Fsp3) is 0.375. The van der Waals surface area contributed by atoms with Gasteiger partial charge < -0.3 is 15.5 Å². The minimum absolute atomic E-state index is 0.146. The van der Waals surface area contributed by atoms with Gasteiger partial charge in [-0.15, -0.1) is 0 Å². The predicted molar refractivity (Wildman–Crippen MR) is 83.0 cm³/mol. The predicted octanol–water partition coefficient (Wildman–Crippen LogP) is 2.33. The quantitative estimate of drug-likeness (QED) is 0.809. The van der Waals surface area contributed by atoms with Crippen molar-refractivity contribution in [2.75, 3.05) is 0 Å². The van der Waals surface area contributed by atoms with Gasteiger partial charge >= 0.3 is 0 Å². The number of aryl methyl sites for hydroxylation is 2. The first-order chi connectivity index (χ1) is 10.3. The van der Waals surface area contributed by atoms with Crippen LogP contribution in [0.5, 0.6) is 11.5 Å². The second-order valence-corrected chi connectivity index (χ2v) is 5.38. The van der Waals surface area contributed by atoms with Crippen molar-refractivity contribution in [3.8, 4) is 11.5 Å². The molecule has 1 aromatic heterocycles. The lowest BCUT2D eigenvalue weighted by Gasteiger charge is -2.18. The molecule has 0 unspecified atom stereocenters. The van der Waals surface area contributed by atoms with Gasteiger partial charge in [0, 0.05) is 29.9 Å². The number of hydrogen-bond acceptors (Lipinski definition) is 4. The number of carbonyl (C=O) groups is 1. The van der Waals surface area contributed by atoms with Crippen LogP contribution in [0, 0.1) is 13.8 Å². The third-order valence-electron chi connectivity index (χ3n) is 3.79. The Hall–Kier alpha value is -2.50. The Morgan fingerprint density at radius 1 is 1.27 bits per heavy atom. The van der Waals surface area contributed by atoms with Gasteiger partial charge in [-0.2, -0.15) is 5.10 Å². The van der Waals surface area contributed by atoms with Crippen LogP contribution in [0.15, 0.2) is 18.2 Å². The monoisotopic (exact) mass is 303 g/mol. The van der Waals surface area contributed by atoms with E-state index in [1.54, 1.807) is 4.68 Å². The number of aromatic hydroxyl groups is 2. The van der Waals surface area contributed by atoms with Crippen LogP contribution >= 0.6 is 0 Å². The van der Waals surface area contributed by atoms with Gasteiger partial charge in [-0.1, -0.05) is 6.92 Å². The molecule has 0 aliphatic carbocycles. The molecule has 0 aliphatic heterocycles. The molecule has 3 N–H and O–H groups in total. The Bertz CT molecular complexity index is 687. The smallest absolute Gasteiger partial charge is 0.252 e. The Balaban J connectivity index is 2.28. The summed E-state index contributed by atoms with van der Waals surface area (Å²) in [5.74, 6) is -0.639. The van der Waals surface area contributed by atoms with E-state index in [-0.39, 0.29) is 29.0 Å². The highest BCUT2D eigenvalue weighted by Gasteiger charge is 2.21. The molecule has 1 heterocycles. The number of rotatable bonds is 4. The first-order valence-corrected chi connectivity index (χ1v) is 7.17. The van der Waals surface area contributed by atoms with E-state index < -0.39 is 0 Å². The van der Waals surface area contributed by atoms with Crippen LogP contribution in [0.2, 0.25) is 0 Å². The molecule has 1 aromatic carbocycles. The maximum absolute atomic E-state index is 12.4. The van der Waals surface area contributed by atoms with E-state index in [0.717, 1.165) is 17.0 Å². The number of hydrogen-bond donors (Lipinski definition) is 3. The molecule has 0 bridgehead atoms. The van der Waals surface area contributed by atoms with Crippen LogP contribution in [-0.2, 0) is 7.05 Å². The van der Waals surface area contributed by atoms with Crippen LogP contribution in [0.25, 0.3) is 0 Å². The number of nitrogens with one attached hydrogen (secondary N) is 1. The summed E-state index contributed by atoms with van der Waals surface area (Å²) >= 11 is 0. The van der Waals surface area contributed by atoms with Gasteiger partial charge in [0.1, 0.15) is 11.5 Å². The third kappa shape index (κ3) is 3.05. The van der Waals surface area contributed by atoms with Gasteiger partial charge in [-0.05, 0) is 32.4 Å². The highest BCUT2D eigenvalue weighted by atomic mass is 16.3. The number of benzene rings is 1. The lowest BCUT2D eigenvalue weighted by molar-refractivity contribution is 0.0934. The Morgan fingerprint density at radius 3 is 2.32 bits per heavy atom. The SMILES string of the molecule is CC[C@@H](NC(=O)c1cc(O)cc(O)c1)c1c(C)nn(C)c1C. The van der Waals surface area contributed by atoms with E-state index in [2.05, 4.69) is 10.4 Å². The van der Waals surface area contributed by atoms with Crippen molar-refractivity contribution in [1.82, 2.24) is 15.1 Å². The second-order valence-electron chi connectivity index (χ2n) is 5.38. The molecule has 0 spiro atoms. The van der Waals surface area contributed by atoms with Crippen molar-refractivity contribution in [2.45, 2.75) is 33.2 Å². The van der Waals surface area contributed by atoms with E-state index in [9.17, 15) is 15.0 Å². The van der Waals surface area contributed by atoms with E-state index in [0.29, 0.717) is 6.42 Å². The van der Waals surface area contributed by atoms with Gasteiger partial charge in [-0.3, -0.25) is 9.48 Å². The minimum atomic E-state index is -0.347. The number of aromatic nitrogens is 2. The molecule has 2 rings (SSSR count). The van der Waals surface area contributed by atoms with Gasteiger partial charge in [0.15, 0.2) is 0 Å². The molecule has 0 saturated carbocycles. The molecular formula is C16H21N3O3. The molecule has 2 aromatic rings. The van der Waals surface area contributed by atoms with Crippen molar-refractivity contribution in [2.24, 2.45) is 7.05 Å². The summed E-state index contributed by atoms with van der Waals surface area (Å²) in [6, 6.07) is 3.66. The van der Waals surface area contributed by atoms with Gasteiger partial charge in [0.05, 0.1) is 11.7 Å². The number of nitrogens with zero attached hydrogens (tertiary/aromatic N) is 2. The van der Waals surface area contributed by atoms with E-state index in [4.69, 9.17) is 0 Å². The summed E-state index contributed by atoms with van der Waals surface area (Å²) in [4.78, 5) is 12.4. The van der Waals surface area contributed by atoms with Crippen molar-refractivity contribution in [3.05, 3.63) is 40.7 Å². The molecule has 1 amide bonds. The van der Waals surface area contributed by atoms with Crippen molar-refractivity contribution >= 4 is 5.91 Å². The summed E-state index contributed by atoms with van der Waals surface area (Å²) in [6.07, 6.45) is 0.712. The van der Waals surface area contributed by atoms with Crippen LogP contribution in [0.4, 0.5) is 0 Å². The molecule has 6 nitrogen and oxygen atoms in total. The van der Waals surface area contributed by atoms with Crippen LogP contribution in [0.1, 0.15) is 46.7 Å². The number of amides is 1. The van der Waals surface area contributed by atoms with Gasteiger partial charge in [0.25, 0.3) is 5.91 Å². The largest absolute Gasteiger partial charge is 0.508 e. The van der Waals surface area contributed by atoms with E-state index in [1.165, 1.54) is 18.2 Å². The van der Waals surface area contributed by atoms with Gasteiger partial charge in [0.2, 0.25) is 0 Å². The topological polar surface area (TPSA) is 87.4 Å². The Morgan fingerprint density at radius 2 is 1.86 bits per heavy atom. The molecule has 22 heavy (non-hydrogen) atoms. The zero-order valence-corrected chi connectivity index (χ0v) is 13.2. The van der Waals surface area contributed by atoms with Gasteiger partial charge in [-0.25, -0.2) is 0 Å². The molecule has 0 saturated heterocycles. The maximum atomic E-state index is 12.4. The maximum Gasteiger partial charge on any atom is 0.252 e. The first-order valence-electron chi connectivity index (χ1n) is 7.17. The minimum Gasteiger partial charge on any atom is -0.508 e. The molecule has 6 heteroatoms. The Kier molecular flexibility index (Phi) is 4.40. The molecule has 0 radical (unpaired) electrons.